The van der Waals surface area contributed by atoms with E-state index in [1.807, 2.05) is 30.3 Å². The SMILES string of the molecule is CCc1c(OC)cccc1-c1[c]c2ccc(OC)cc2cc1. The zero-order valence-corrected chi connectivity index (χ0v) is 13.1. The third-order valence-electron chi connectivity index (χ3n) is 3.95. The first-order valence-corrected chi connectivity index (χ1v) is 7.43. The number of ether oxygens (including phenoxy) is 2. The molecule has 0 heterocycles. The van der Waals surface area contributed by atoms with E-state index in [9.17, 15) is 0 Å². The monoisotopic (exact) mass is 291 g/mol. The smallest absolute Gasteiger partial charge is 0.122 e. The van der Waals surface area contributed by atoms with Crippen molar-refractivity contribution in [3.63, 3.8) is 0 Å². The molecule has 0 atom stereocenters. The van der Waals surface area contributed by atoms with Crippen LogP contribution in [0.5, 0.6) is 11.5 Å². The summed E-state index contributed by atoms with van der Waals surface area (Å²) >= 11 is 0. The molecule has 2 nitrogen and oxygen atoms in total. The zero-order valence-electron chi connectivity index (χ0n) is 13.1. The molecule has 0 spiro atoms. The lowest BCUT2D eigenvalue weighted by atomic mass is 9.95. The molecule has 0 N–H and O–H groups in total. The van der Waals surface area contributed by atoms with Crippen LogP contribution in [0, 0.1) is 6.07 Å². The van der Waals surface area contributed by atoms with Gasteiger partial charge in [0, 0.05) is 5.56 Å². The van der Waals surface area contributed by atoms with Crippen molar-refractivity contribution in [2.24, 2.45) is 0 Å². The minimum Gasteiger partial charge on any atom is -0.497 e. The highest BCUT2D eigenvalue weighted by Crippen LogP contribution is 2.33. The predicted molar refractivity (Wildman–Crippen MR) is 90.7 cm³/mol. The summed E-state index contributed by atoms with van der Waals surface area (Å²) in [5, 5.41) is 2.22. The van der Waals surface area contributed by atoms with Gasteiger partial charge in [0.15, 0.2) is 0 Å². The van der Waals surface area contributed by atoms with Crippen LogP contribution < -0.4 is 9.47 Å². The third-order valence-corrected chi connectivity index (χ3v) is 3.95. The molecule has 0 bridgehead atoms. The Hall–Kier alpha value is -2.48. The molecule has 111 valence electrons. The van der Waals surface area contributed by atoms with Crippen molar-refractivity contribution >= 4 is 10.8 Å². The molecule has 0 aliphatic rings. The fraction of sp³-hybridized carbons (Fsp3) is 0.200. The van der Waals surface area contributed by atoms with E-state index in [0.29, 0.717) is 0 Å². The number of benzene rings is 3. The Morgan fingerprint density at radius 3 is 2.55 bits per heavy atom. The van der Waals surface area contributed by atoms with Gasteiger partial charge in [0.1, 0.15) is 11.5 Å². The first-order chi connectivity index (χ1) is 10.8. The molecule has 0 fully saturated rings. The van der Waals surface area contributed by atoms with Gasteiger partial charge in [0.2, 0.25) is 0 Å². The number of methoxy groups -OCH3 is 2. The van der Waals surface area contributed by atoms with Crippen LogP contribution in [-0.4, -0.2) is 14.2 Å². The van der Waals surface area contributed by atoms with Crippen molar-refractivity contribution in [3.8, 4) is 22.6 Å². The molecule has 0 saturated carbocycles. The van der Waals surface area contributed by atoms with Crippen LogP contribution in [0.2, 0.25) is 0 Å². The van der Waals surface area contributed by atoms with Gasteiger partial charge in [-0.25, -0.2) is 0 Å². The second-order valence-corrected chi connectivity index (χ2v) is 5.17. The van der Waals surface area contributed by atoms with E-state index < -0.39 is 0 Å². The lowest BCUT2D eigenvalue weighted by Gasteiger charge is -2.13. The minimum absolute atomic E-state index is 0.865. The fourth-order valence-corrected chi connectivity index (χ4v) is 2.81. The van der Waals surface area contributed by atoms with Crippen molar-refractivity contribution in [1.82, 2.24) is 0 Å². The molecular weight excluding hydrogens is 272 g/mol. The molecule has 0 aliphatic heterocycles. The highest BCUT2D eigenvalue weighted by molar-refractivity contribution is 5.88. The van der Waals surface area contributed by atoms with Gasteiger partial charge in [-0.3, -0.25) is 0 Å². The van der Waals surface area contributed by atoms with Crippen molar-refractivity contribution in [2.75, 3.05) is 14.2 Å². The Balaban J connectivity index is 2.14. The maximum Gasteiger partial charge on any atom is 0.122 e. The summed E-state index contributed by atoms with van der Waals surface area (Å²) in [4.78, 5) is 0. The van der Waals surface area contributed by atoms with Crippen molar-refractivity contribution in [3.05, 3.63) is 60.2 Å². The second-order valence-electron chi connectivity index (χ2n) is 5.17. The maximum absolute atomic E-state index is 5.49. The molecule has 0 amide bonds. The number of hydrogen-bond donors (Lipinski definition) is 0. The molecule has 0 saturated heterocycles. The third kappa shape index (κ3) is 2.52. The molecule has 0 aromatic heterocycles. The van der Waals surface area contributed by atoms with Gasteiger partial charge < -0.3 is 9.47 Å². The summed E-state index contributed by atoms with van der Waals surface area (Å²) in [5.41, 5.74) is 3.49. The molecule has 3 rings (SSSR count). The van der Waals surface area contributed by atoms with Crippen molar-refractivity contribution in [1.29, 1.82) is 0 Å². The summed E-state index contributed by atoms with van der Waals surface area (Å²) in [5.74, 6) is 1.80. The highest BCUT2D eigenvalue weighted by Gasteiger charge is 2.10. The Kier molecular flexibility index (Phi) is 4.01. The molecule has 1 radical (unpaired) electrons. The van der Waals surface area contributed by atoms with E-state index in [1.54, 1.807) is 14.2 Å². The largest absolute Gasteiger partial charge is 0.497 e. The Morgan fingerprint density at radius 1 is 0.955 bits per heavy atom. The topological polar surface area (TPSA) is 18.5 Å². The van der Waals surface area contributed by atoms with E-state index in [1.165, 1.54) is 11.1 Å². The summed E-state index contributed by atoms with van der Waals surface area (Å²) in [7, 11) is 3.40. The molecule has 2 heteroatoms. The van der Waals surface area contributed by atoms with Gasteiger partial charge >= 0.3 is 0 Å². The Bertz CT molecular complexity index is 806. The summed E-state index contributed by atoms with van der Waals surface area (Å²) in [6.07, 6.45) is 0.924. The van der Waals surface area contributed by atoms with E-state index in [4.69, 9.17) is 9.47 Å². The summed E-state index contributed by atoms with van der Waals surface area (Å²) in [6.45, 7) is 2.15. The molecule has 3 aromatic carbocycles. The van der Waals surface area contributed by atoms with Crippen molar-refractivity contribution in [2.45, 2.75) is 13.3 Å². The lowest BCUT2D eigenvalue weighted by molar-refractivity contribution is 0.410. The van der Waals surface area contributed by atoms with E-state index in [-0.39, 0.29) is 0 Å². The minimum atomic E-state index is 0.865. The van der Waals surface area contributed by atoms with E-state index in [0.717, 1.165) is 34.3 Å². The van der Waals surface area contributed by atoms with Gasteiger partial charge in [-0.15, -0.1) is 0 Å². The maximum atomic E-state index is 5.49. The summed E-state index contributed by atoms with van der Waals surface area (Å²) < 4.78 is 10.8. The van der Waals surface area contributed by atoms with Gasteiger partial charge in [0.25, 0.3) is 0 Å². The van der Waals surface area contributed by atoms with E-state index in [2.05, 4.69) is 31.2 Å². The van der Waals surface area contributed by atoms with Crippen LogP contribution in [0.4, 0.5) is 0 Å². The molecule has 0 aliphatic carbocycles. The quantitative estimate of drug-likeness (QED) is 0.681. The van der Waals surface area contributed by atoms with Gasteiger partial charge in [0.05, 0.1) is 14.2 Å². The van der Waals surface area contributed by atoms with Crippen LogP contribution in [0.1, 0.15) is 12.5 Å². The van der Waals surface area contributed by atoms with Gasteiger partial charge in [-0.2, -0.15) is 0 Å². The Morgan fingerprint density at radius 2 is 1.82 bits per heavy atom. The van der Waals surface area contributed by atoms with Crippen LogP contribution in [-0.2, 0) is 6.42 Å². The number of fused-ring (bicyclic) bond motifs is 1. The molecule has 22 heavy (non-hydrogen) atoms. The van der Waals surface area contributed by atoms with E-state index >= 15 is 0 Å². The molecular formula is C20H19O2. The Labute approximate surface area is 131 Å². The first-order valence-electron chi connectivity index (χ1n) is 7.43. The average molecular weight is 291 g/mol. The number of hydrogen-bond acceptors (Lipinski definition) is 2. The van der Waals surface area contributed by atoms with Gasteiger partial charge in [-0.1, -0.05) is 37.3 Å². The predicted octanol–water partition coefficient (Wildman–Crippen LogP) is 4.89. The standard InChI is InChI=1S/C20H19O2/c1-4-18-19(6-5-7-20(18)22-3)16-9-8-15-13-17(21-2)11-10-14(15)12-16/h5-11,13H,4H2,1-3H3. The van der Waals surface area contributed by atoms with Gasteiger partial charge in [-0.05, 0) is 52.6 Å². The number of rotatable bonds is 4. The van der Waals surface area contributed by atoms with Crippen LogP contribution in [0.25, 0.3) is 21.9 Å². The van der Waals surface area contributed by atoms with Crippen LogP contribution in [0.15, 0.2) is 48.5 Å². The normalized spacial score (nSPS) is 10.7. The average Bonchev–Trinajstić information content (AvgIpc) is 2.59. The lowest BCUT2D eigenvalue weighted by Crippen LogP contribution is -1.94. The van der Waals surface area contributed by atoms with Crippen molar-refractivity contribution < 1.29 is 9.47 Å². The fourth-order valence-electron chi connectivity index (χ4n) is 2.81. The molecule has 0 unspecified atom stereocenters. The summed E-state index contributed by atoms with van der Waals surface area (Å²) in [6, 6.07) is 19.9. The highest BCUT2D eigenvalue weighted by atomic mass is 16.5. The van der Waals surface area contributed by atoms with Crippen LogP contribution in [0.3, 0.4) is 0 Å². The zero-order chi connectivity index (χ0) is 15.5. The van der Waals surface area contributed by atoms with Crippen LogP contribution >= 0.6 is 0 Å². The second kappa shape index (κ2) is 6.10. The molecule has 3 aromatic rings. The first kappa shape index (κ1) is 14.5.